The molecular weight excluding hydrogens is 403 g/mol. The number of benzene rings is 2. The molecule has 6 N–H and O–H groups in total. The number of nitrogens with zero attached hydrogens (tertiary/aromatic N) is 1. The third-order valence-electron chi connectivity index (χ3n) is 3.47. The van der Waals surface area contributed by atoms with Gasteiger partial charge in [-0.05, 0) is 0 Å². The van der Waals surface area contributed by atoms with Crippen molar-refractivity contribution in [1.82, 2.24) is 0 Å². The number of ether oxygens (including phenoxy) is 3. The smallest absolute Gasteiger partial charge is 0.412 e. The zero-order valence-corrected chi connectivity index (χ0v) is 17.1. The summed E-state index contributed by atoms with van der Waals surface area (Å²) in [7, 11) is 6.31. The molecule has 8 nitrogen and oxygen atoms in total. The molecule has 143 valence electrons. The molecule has 0 heterocycles. The van der Waals surface area contributed by atoms with Crippen LogP contribution in [0.15, 0.2) is 36.4 Å². The predicted octanol–water partition coefficient (Wildman–Crippen LogP) is -0.691. The first-order chi connectivity index (χ1) is 11.0. The zero-order valence-electron chi connectivity index (χ0n) is 15.0. The zero-order chi connectivity index (χ0) is 17.0. The van der Waals surface area contributed by atoms with Gasteiger partial charge in [0.1, 0.15) is 0 Å². The van der Waals surface area contributed by atoms with E-state index in [1.165, 1.54) is 21.3 Å². The Morgan fingerprint density at radius 1 is 0.885 bits per heavy atom. The molecule has 0 atom stereocenters. The van der Waals surface area contributed by atoms with Crippen molar-refractivity contribution in [3.05, 3.63) is 42.0 Å². The van der Waals surface area contributed by atoms with Crippen molar-refractivity contribution >= 4 is 32.5 Å². The van der Waals surface area contributed by atoms with Gasteiger partial charge in [-0.25, -0.2) is 0 Å². The Morgan fingerprint density at radius 2 is 1.35 bits per heavy atom. The Morgan fingerprint density at radius 3 is 1.73 bits per heavy atom. The monoisotopic (exact) mass is 428 g/mol. The van der Waals surface area contributed by atoms with Crippen LogP contribution in [-0.2, 0) is 0 Å². The molecule has 0 unspecified atom stereocenters. The van der Waals surface area contributed by atoms with Crippen molar-refractivity contribution in [2.45, 2.75) is 0 Å². The van der Waals surface area contributed by atoms with E-state index in [1.54, 1.807) is 24.1 Å². The molecule has 0 aliphatic carbocycles. The van der Waals surface area contributed by atoms with Crippen LogP contribution in [-0.4, -0.2) is 67.2 Å². The third-order valence-corrected chi connectivity index (χ3v) is 4.17. The molecular formula is C17H24GeNO7. The van der Waals surface area contributed by atoms with Crippen LogP contribution in [0.4, 0.5) is 5.69 Å². The van der Waals surface area contributed by atoms with Crippen LogP contribution < -0.4 is 23.5 Å². The number of hydrogen-bond acceptors (Lipinski definition) is 4. The maximum atomic E-state index is 12.7. The van der Waals surface area contributed by atoms with E-state index in [1.807, 2.05) is 40.8 Å². The van der Waals surface area contributed by atoms with Crippen LogP contribution in [0.25, 0.3) is 0 Å². The molecule has 2 aromatic rings. The Kier molecular flexibility index (Phi) is 11.4. The number of anilines is 1. The van der Waals surface area contributed by atoms with Crippen LogP contribution in [0.1, 0.15) is 10.4 Å². The fourth-order valence-electron chi connectivity index (χ4n) is 2.20. The summed E-state index contributed by atoms with van der Waals surface area (Å²) in [6, 6.07) is 11.0. The van der Waals surface area contributed by atoms with E-state index in [2.05, 4.69) is 0 Å². The fraction of sp³-hybridized carbons (Fsp3) is 0.235. The van der Waals surface area contributed by atoms with E-state index in [9.17, 15) is 4.79 Å². The average molecular weight is 427 g/mol. The van der Waals surface area contributed by atoms with Crippen LogP contribution in [0.3, 0.4) is 0 Å². The molecule has 0 aliphatic heterocycles. The Labute approximate surface area is 160 Å². The van der Waals surface area contributed by atoms with Crippen LogP contribution >= 0.6 is 0 Å². The minimum Gasteiger partial charge on any atom is -0.412 e. The van der Waals surface area contributed by atoms with Gasteiger partial charge in [0.25, 0.3) is 0 Å². The van der Waals surface area contributed by atoms with Gasteiger partial charge >= 0.3 is 144 Å². The summed E-state index contributed by atoms with van der Waals surface area (Å²) in [4.78, 5) is 14.3. The molecule has 0 spiro atoms. The van der Waals surface area contributed by atoms with Gasteiger partial charge in [-0.15, -0.1) is 0 Å². The fourth-order valence-corrected chi connectivity index (χ4v) is 2.55. The summed E-state index contributed by atoms with van der Waals surface area (Å²) >= 11 is 2.00. The summed E-state index contributed by atoms with van der Waals surface area (Å²) in [6.07, 6.45) is 0. The molecule has 0 saturated heterocycles. The van der Waals surface area contributed by atoms with Crippen molar-refractivity contribution in [1.29, 1.82) is 0 Å². The van der Waals surface area contributed by atoms with Crippen molar-refractivity contribution in [2.24, 2.45) is 0 Å². The van der Waals surface area contributed by atoms with E-state index < -0.39 is 0 Å². The average Bonchev–Trinajstić information content (AvgIpc) is 2.59. The quantitative estimate of drug-likeness (QED) is 0.582. The predicted molar refractivity (Wildman–Crippen MR) is 102 cm³/mol. The molecule has 0 bridgehead atoms. The molecule has 0 fully saturated rings. The molecule has 2 aromatic carbocycles. The maximum absolute atomic E-state index is 12.7. The number of carbonyl (C=O) groups is 1. The molecule has 0 aliphatic rings. The number of carbonyl (C=O) groups excluding carboxylic acids is 1. The molecule has 2 rings (SSSR count). The summed E-state index contributed by atoms with van der Waals surface area (Å²) in [5.74, 6) is 1.21. The van der Waals surface area contributed by atoms with Gasteiger partial charge in [-0.3, -0.25) is 0 Å². The molecule has 1 amide bonds. The standard InChI is InChI=1S/C17H18GeNO4.3H2O/c1-19(13-7-5-12(18)6-8-13)17(20)11-9-14(21-2)16(23-4)15(10-11)22-3;;;/h5-10H,1-4H3;3*1H2. The van der Waals surface area contributed by atoms with Crippen LogP contribution in [0.2, 0.25) is 0 Å². The first-order valence-corrected chi connectivity index (χ1v) is 7.96. The second-order valence-electron chi connectivity index (χ2n) is 4.83. The molecule has 26 heavy (non-hydrogen) atoms. The van der Waals surface area contributed by atoms with Gasteiger partial charge in [0.05, 0.1) is 0 Å². The van der Waals surface area contributed by atoms with E-state index in [0.717, 1.165) is 10.1 Å². The minimum atomic E-state index is -0.159. The first-order valence-electron chi connectivity index (χ1n) is 6.91. The van der Waals surface area contributed by atoms with Gasteiger partial charge in [-0.1, -0.05) is 0 Å². The van der Waals surface area contributed by atoms with Crippen molar-refractivity contribution < 1.29 is 35.4 Å². The van der Waals surface area contributed by atoms with E-state index in [-0.39, 0.29) is 22.3 Å². The third kappa shape index (κ3) is 5.36. The van der Waals surface area contributed by atoms with E-state index in [0.29, 0.717) is 22.8 Å². The van der Waals surface area contributed by atoms with Crippen LogP contribution in [0, 0.1) is 0 Å². The first kappa shape index (κ1) is 26.0. The topological polar surface area (TPSA) is 142 Å². The van der Waals surface area contributed by atoms with Gasteiger partial charge < -0.3 is 16.4 Å². The summed E-state index contributed by atoms with van der Waals surface area (Å²) in [6.45, 7) is 0. The van der Waals surface area contributed by atoms with Crippen molar-refractivity contribution in [2.75, 3.05) is 33.3 Å². The Balaban J connectivity index is 0. The van der Waals surface area contributed by atoms with E-state index >= 15 is 0 Å². The summed E-state index contributed by atoms with van der Waals surface area (Å²) < 4.78 is 17.0. The van der Waals surface area contributed by atoms with Gasteiger partial charge in [0.15, 0.2) is 0 Å². The molecule has 9 heteroatoms. The Bertz CT molecular complexity index is 682. The van der Waals surface area contributed by atoms with Crippen LogP contribution in [0.5, 0.6) is 17.2 Å². The van der Waals surface area contributed by atoms with Gasteiger partial charge in [0, 0.05) is 0 Å². The van der Waals surface area contributed by atoms with E-state index in [4.69, 9.17) is 14.2 Å². The number of methoxy groups -OCH3 is 3. The molecule has 0 saturated carbocycles. The number of rotatable bonds is 5. The SMILES string of the molecule is COc1cc(C(=O)N(C)c2cc[c]([Ge])cc2)cc(OC)c1OC.O.O.O. The Hall–Kier alpha value is -2.27. The summed E-state index contributed by atoms with van der Waals surface area (Å²) in [5.41, 5.74) is 1.27. The van der Waals surface area contributed by atoms with Gasteiger partial charge in [0.2, 0.25) is 0 Å². The molecule has 0 aromatic heterocycles. The second-order valence-corrected chi connectivity index (χ2v) is 6.04. The van der Waals surface area contributed by atoms with Crippen molar-refractivity contribution in [3.63, 3.8) is 0 Å². The van der Waals surface area contributed by atoms with Crippen molar-refractivity contribution in [3.8, 4) is 17.2 Å². The minimum absolute atomic E-state index is 0. The molecule has 3 radical (unpaired) electrons. The number of hydrogen-bond donors (Lipinski definition) is 0. The van der Waals surface area contributed by atoms with Gasteiger partial charge in [-0.2, -0.15) is 0 Å². The number of amides is 1. The second kappa shape index (κ2) is 11.4. The summed E-state index contributed by atoms with van der Waals surface area (Å²) in [5, 5.41) is 0. The normalized spacial score (nSPS) is 8.96.